The predicted octanol–water partition coefficient (Wildman–Crippen LogP) is 4.02. The Morgan fingerprint density at radius 2 is 2.24 bits per heavy atom. The molecule has 5 nitrogen and oxygen atoms in total. The number of thiazole rings is 1. The Labute approximate surface area is 139 Å². The fourth-order valence-electron chi connectivity index (χ4n) is 1.41. The maximum absolute atomic E-state index is 12.1. The zero-order chi connectivity index (χ0) is 15.4. The predicted molar refractivity (Wildman–Crippen MR) is 85.4 cm³/mol. The van der Waals surface area contributed by atoms with Crippen LogP contribution in [-0.2, 0) is 0 Å². The molecule has 21 heavy (non-hydrogen) atoms. The van der Waals surface area contributed by atoms with Crippen LogP contribution in [0.4, 0.5) is 5.13 Å². The zero-order valence-electron chi connectivity index (χ0n) is 10.7. The number of pyridine rings is 1. The van der Waals surface area contributed by atoms with Gasteiger partial charge in [0.1, 0.15) is 10.3 Å². The average Bonchev–Trinajstić information content (AvgIpc) is 2.76. The molecule has 0 radical (unpaired) electrons. The minimum atomic E-state index is -0.408. The third-order valence-electron chi connectivity index (χ3n) is 2.30. The van der Waals surface area contributed by atoms with Gasteiger partial charge in [0.15, 0.2) is 5.13 Å². The third kappa shape index (κ3) is 4.08. The topological polar surface area (TPSA) is 78.7 Å². The molecule has 0 saturated heterocycles. The summed E-state index contributed by atoms with van der Waals surface area (Å²) in [7, 11) is 0. The van der Waals surface area contributed by atoms with Gasteiger partial charge in [-0.05, 0) is 19.1 Å². The minimum absolute atomic E-state index is 0.0346. The molecule has 0 aliphatic carbocycles. The van der Waals surface area contributed by atoms with E-state index in [9.17, 15) is 4.79 Å². The summed E-state index contributed by atoms with van der Waals surface area (Å²) in [6, 6.07) is 5.04. The van der Waals surface area contributed by atoms with E-state index in [2.05, 4.69) is 15.3 Å². The van der Waals surface area contributed by atoms with Crippen LogP contribution in [0.2, 0.25) is 10.3 Å². The van der Waals surface area contributed by atoms with Crippen molar-refractivity contribution in [3.8, 4) is 6.07 Å². The van der Waals surface area contributed by atoms with Crippen LogP contribution in [0.5, 0.6) is 0 Å². The summed E-state index contributed by atoms with van der Waals surface area (Å²) in [5, 5.41) is 11.9. The Morgan fingerprint density at radius 1 is 1.48 bits per heavy atom. The van der Waals surface area contributed by atoms with Gasteiger partial charge in [-0.15, -0.1) is 0 Å². The lowest BCUT2D eigenvalue weighted by Crippen LogP contribution is -2.12. The van der Waals surface area contributed by atoms with Crippen molar-refractivity contribution in [2.24, 2.45) is 0 Å². The van der Waals surface area contributed by atoms with E-state index < -0.39 is 5.91 Å². The number of nitrogens with one attached hydrogen (secondary N) is 1. The molecule has 2 aromatic heterocycles. The number of anilines is 1. The number of carbonyl (C=O) groups is 1. The number of halogens is 2. The summed E-state index contributed by atoms with van der Waals surface area (Å²) in [4.78, 5) is 20.2. The number of amides is 1. The first-order chi connectivity index (χ1) is 10.0. The Kier molecular flexibility index (Phi) is 5.42. The molecule has 0 aliphatic rings. The van der Waals surface area contributed by atoms with Crippen molar-refractivity contribution in [3.05, 3.63) is 33.7 Å². The molecule has 0 bridgehead atoms. The molecule has 0 atom stereocenters. The van der Waals surface area contributed by atoms with Crippen molar-refractivity contribution < 1.29 is 4.79 Å². The number of carbonyl (C=O) groups excluding carboxylic acids is 1. The van der Waals surface area contributed by atoms with E-state index in [1.54, 1.807) is 0 Å². The molecule has 0 unspecified atom stereocenters. The van der Waals surface area contributed by atoms with E-state index in [-0.39, 0.29) is 15.9 Å². The van der Waals surface area contributed by atoms with Crippen molar-refractivity contribution in [1.29, 1.82) is 5.26 Å². The summed E-state index contributed by atoms with van der Waals surface area (Å²) in [6.07, 6.45) is 0. The molecule has 108 valence electrons. The molecule has 1 N–H and O–H groups in total. The number of aryl methyl sites for hydroxylation is 1. The van der Waals surface area contributed by atoms with Gasteiger partial charge < -0.3 is 0 Å². The molecule has 2 aromatic rings. The number of nitriles is 1. The van der Waals surface area contributed by atoms with Gasteiger partial charge in [-0.1, -0.05) is 46.3 Å². The molecule has 2 rings (SSSR count). The largest absolute Gasteiger partial charge is 0.298 e. The van der Waals surface area contributed by atoms with E-state index in [1.165, 1.54) is 35.2 Å². The molecule has 0 saturated carbocycles. The van der Waals surface area contributed by atoms with Gasteiger partial charge >= 0.3 is 0 Å². The maximum Gasteiger partial charge on any atom is 0.260 e. The van der Waals surface area contributed by atoms with E-state index in [4.69, 9.17) is 28.5 Å². The van der Waals surface area contributed by atoms with E-state index in [0.717, 1.165) is 9.90 Å². The van der Waals surface area contributed by atoms with Crippen LogP contribution in [0, 0.1) is 18.3 Å². The highest BCUT2D eigenvalue weighted by atomic mass is 35.5. The van der Waals surface area contributed by atoms with Crippen LogP contribution in [-0.4, -0.2) is 21.6 Å². The average molecular weight is 359 g/mol. The highest BCUT2D eigenvalue weighted by Crippen LogP contribution is 2.32. The van der Waals surface area contributed by atoms with Gasteiger partial charge in [0.25, 0.3) is 5.91 Å². The molecular formula is C12H8Cl2N4OS2. The second-order valence-electron chi connectivity index (χ2n) is 3.77. The molecule has 9 heteroatoms. The minimum Gasteiger partial charge on any atom is -0.298 e. The van der Waals surface area contributed by atoms with Gasteiger partial charge in [0.2, 0.25) is 0 Å². The lowest BCUT2D eigenvalue weighted by molar-refractivity contribution is 0.102. The van der Waals surface area contributed by atoms with Crippen LogP contribution in [0.1, 0.15) is 16.1 Å². The van der Waals surface area contributed by atoms with E-state index in [1.807, 2.05) is 13.0 Å². The SMILES string of the molecule is Cc1nc(NC(=O)c2ccc(Cl)nc2Cl)sc1SCC#N. The van der Waals surface area contributed by atoms with Gasteiger partial charge in [-0.3, -0.25) is 10.1 Å². The van der Waals surface area contributed by atoms with Crippen LogP contribution in [0.15, 0.2) is 16.3 Å². The first-order valence-corrected chi connectivity index (χ1v) is 8.17. The highest BCUT2D eigenvalue weighted by molar-refractivity contribution is 8.01. The quantitative estimate of drug-likeness (QED) is 0.659. The van der Waals surface area contributed by atoms with Crippen LogP contribution < -0.4 is 5.32 Å². The summed E-state index contributed by atoms with van der Waals surface area (Å²) < 4.78 is 0.896. The summed E-state index contributed by atoms with van der Waals surface area (Å²) in [5.41, 5.74) is 0.996. The van der Waals surface area contributed by atoms with Crippen LogP contribution >= 0.6 is 46.3 Å². The first kappa shape index (κ1) is 16.0. The molecule has 0 aromatic carbocycles. The van der Waals surface area contributed by atoms with Crippen molar-refractivity contribution in [3.63, 3.8) is 0 Å². The molecule has 1 amide bonds. The van der Waals surface area contributed by atoms with Gasteiger partial charge in [-0.25, -0.2) is 9.97 Å². The number of hydrogen-bond donors (Lipinski definition) is 1. The molecular weight excluding hydrogens is 351 g/mol. The maximum atomic E-state index is 12.1. The lowest BCUT2D eigenvalue weighted by Gasteiger charge is -2.03. The smallest absolute Gasteiger partial charge is 0.260 e. The Morgan fingerprint density at radius 3 is 2.90 bits per heavy atom. The number of rotatable bonds is 4. The van der Waals surface area contributed by atoms with Crippen LogP contribution in [0.3, 0.4) is 0 Å². The van der Waals surface area contributed by atoms with Crippen LogP contribution in [0.25, 0.3) is 0 Å². The fourth-order valence-corrected chi connectivity index (χ4v) is 3.64. The van der Waals surface area contributed by atoms with Crippen molar-refractivity contribution in [2.75, 3.05) is 11.1 Å². The Hall–Kier alpha value is -1.33. The zero-order valence-corrected chi connectivity index (χ0v) is 13.8. The standard InChI is InChI=1S/C12H8Cl2N4OS2/c1-6-11(20-5-4-15)21-12(16-6)18-10(19)7-2-3-8(13)17-9(7)14/h2-3H,5H2,1H3,(H,16,18,19). The van der Waals surface area contributed by atoms with E-state index >= 15 is 0 Å². The molecule has 0 spiro atoms. The number of thioether (sulfide) groups is 1. The lowest BCUT2D eigenvalue weighted by atomic mass is 10.3. The number of aromatic nitrogens is 2. The Balaban J connectivity index is 2.14. The first-order valence-electron chi connectivity index (χ1n) is 5.62. The second kappa shape index (κ2) is 7.09. The molecule has 0 fully saturated rings. The normalized spacial score (nSPS) is 10.2. The molecule has 2 heterocycles. The van der Waals surface area contributed by atoms with Gasteiger partial charge in [0.05, 0.1) is 27.3 Å². The monoisotopic (exact) mass is 358 g/mol. The highest BCUT2D eigenvalue weighted by Gasteiger charge is 2.15. The summed E-state index contributed by atoms with van der Waals surface area (Å²) >= 11 is 14.3. The third-order valence-corrected chi connectivity index (χ3v) is 5.10. The number of hydrogen-bond acceptors (Lipinski definition) is 6. The van der Waals surface area contributed by atoms with Gasteiger partial charge in [0, 0.05) is 0 Å². The van der Waals surface area contributed by atoms with Gasteiger partial charge in [-0.2, -0.15) is 5.26 Å². The van der Waals surface area contributed by atoms with Crippen molar-refractivity contribution >= 4 is 57.3 Å². The summed E-state index contributed by atoms with van der Waals surface area (Å²) in [5.74, 6) is -0.0710. The number of nitrogens with zero attached hydrogens (tertiary/aromatic N) is 3. The van der Waals surface area contributed by atoms with Crippen molar-refractivity contribution in [2.45, 2.75) is 11.1 Å². The molecule has 0 aliphatic heterocycles. The fraction of sp³-hybridized carbons (Fsp3) is 0.167. The second-order valence-corrected chi connectivity index (χ2v) is 6.75. The Bertz CT molecular complexity index is 727. The van der Waals surface area contributed by atoms with Crippen molar-refractivity contribution in [1.82, 2.24) is 9.97 Å². The van der Waals surface area contributed by atoms with E-state index in [0.29, 0.717) is 10.9 Å². The summed E-state index contributed by atoms with van der Waals surface area (Å²) in [6.45, 7) is 1.82.